The molecule has 2 aromatic rings. The van der Waals surface area contributed by atoms with Crippen molar-refractivity contribution >= 4 is 17.2 Å². The number of hydrogen-bond donors (Lipinski definition) is 2. The van der Waals surface area contributed by atoms with Crippen LogP contribution in [0.2, 0.25) is 0 Å². The maximum atomic E-state index is 11.8. The van der Waals surface area contributed by atoms with E-state index in [9.17, 15) is 4.79 Å². The maximum absolute atomic E-state index is 11.8. The molecule has 0 aliphatic carbocycles. The first-order chi connectivity index (χ1) is 9.19. The number of aromatic nitrogens is 3. The van der Waals surface area contributed by atoms with Crippen LogP contribution in [0.25, 0.3) is 0 Å². The molecular weight excluding hydrogens is 262 g/mol. The lowest BCUT2D eigenvalue weighted by molar-refractivity contribution is 0.0949. The molecule has 0 fully saturated rings. The first-order valence-electron chi connectivity index (χ1n) is 6.09. The van der Waals surface area contributed by atoms with E-state index < -0.39 is 0 Å². The van der Waals surface area contributed by atoms with Crippen molar-refractivity contribution in [2.24, 2.45) is 12.8 Å². The van der Waals surface area contributed by atoms with Crippen LogP contribution in [-0.2, 0) is 19.9 Å². The van der Waals surface area contributed by atoms with E-state index in [1.807, 2.05) is 13.2 Å². The molecule has 0 bridgehead atoms. The van der Waals surface area contributed by atoms with E-state index in [4.69, 9.17) is 5.73 Å². The van der Waals surface area contributed by atoms with Gasteiger partial charge < -0.3 is 11.1 Å². The highest BCUT2D eigenvalue weighted by Crippen LogP contribution is 2.09. The number of rotatable bonds is 6. The molecule has 0 unspecified atom stereocenters. The number of nitrogens with zero attached hydrogens (tertiary/aromatic N) is 3. The Hall–Kier alpha value is -1.73. The predicted molar refractivity (Wildman–Crippen MR) is 74.1 cm³/mol. The second-order valence-corrected chi connectivity index (χ2v) is 5.14. The first-order valence-corrected chi connectivity index (χ1v) is 6.97. The molecule has 102 valence electrons. The van der Waals surface area contributed by atoms with Gasteiger partial charge >= 0.3 is 0 Å². The van der Waals surface area contributed by atoms with Crippen LogP contribution in [0.4, 0.5) is 0 Å². The Morgan fingerprint density at radius 1 is 1.53 bits per heavy atom. The largest absolute Gasteiger partial charge is 0.350 e. The number of carbonyl (C=O) groups excluding carboxylic acids is 1. The molecule has 3 N–H and O–H groups in total. The number of thiazole rings is 1. The first kappa shape index (κ1) is 13.7. The monoisotopic (exact) mass is 279 g/mol. The normalized spacial score (nSPS) is 10.6. The molecular formula is C12H17N5OS. The van der Waals surface area contributed by atoms with Gasteiger partial charge in [-0.15, -0.1) is 11.3 Å². The zero-order valence-corrected chi connectivity index (χ0v) is 11.6. The van der Waals surface area contributed by atoms with E-state index >= 15 is 0 Å². The van der Waals surface area contributed by atoms with Crippen LogP contribution in [0.5, 0.6) is 0 Å². The van der Waals surface area contributed by atoms with Crippen LogP contribution < -0.4 is 11.1 Å². The minimum atomic E-state index is -0.136. The van der Waals surface area contributed by atoms with Crippen LogP contribution in [0.1, 0.15) is 21.1 Å². The number of amides is 1. The molecule has 2 rings (SSSR count). The standard InChI is InChI=1S/C12H17N5OS/c1-17-7-9(6-15-17)3-5-14-12(18)10-8-19-11(16-10)2-4-13/h6-8H,2-5,13H2,1H3,(H,14,18). The highest BCUT2D eigenvalue weighted by Gasteiger charge is 2.09. The minimum Gasteiger partial charge on any atom is -0.350 e. The Morgan fingerprint density at radius 2 is 2.37 bits per heavy atom. The number of hydrogen-bond acceptors (Lipinski definition) is 5. The van der Waals surface area contributed by atoms with Crippen LogP contribution >= 0.6 is 11.3 Å². The van der Waals surface area contributed by atoms with Gasteiger partial charge in [0.25, 0.3) is 5.91 Å². The van der Waals surface area contributed by atoms with Crippen LogP contribution in [0.3, 0.4) is 0 Å². The van der Waals surface area contributed by atoms with Gasteiger partial charge in [-0.1, -0.05) is 0 Å². The van der Waals surface area contributed by atoms with Gasteiger partial charge in [-0.05, 0) is 18.5 Å². The molecule has 2 aromatic heterocycles. The average Bonchev–Trinajstić information content (AvgIpc) is 2.99. The lowest BCUT2D eigenvalue weighted by Gasteiger charge is -2.01. The van der Waals surface area contributed by atoms with Crippen molar-refractivity contribution in [1.82, 2.24) is 20.1 Å². The van der Waals surface area contributed by atoms with E-state index in [1.54, 1.807) is 16.3 Å². The molecule has 2 heterocycles. The summed E-state index contributed by atoms with van der Waals surface area (Å²) >= 11 is 1.47. The molecule has 0 atom stereocenters. The SMILES string of the molecule is Cn1cc(CCNC(=O)c2csc(CCN)n2)cn1. The van der Waals surface area contributed by atoms with Crippen molar-refractivity contribution in [3.05, 3.63) is 34.0 Å². The summed E-state index contributed by atoms with van der Waals surface area (Å²) in [6, 6.07) is 0. The molecule has 1 amide bonds. The molecule has 0 radical (unpaired) electrons. The quantitative estimate of drug-likeness (QED) is 0.799. The summed E-state index contributed by atoms with van der Waals surface area (Å²) < 4.78 is 1.75. The smallest absolute Gasteiger partial charge is 0.270 e. The number of aryl methyl sites for hydroxylation is 1. The maximum Gasteiger partial charge on any atom is 0.270 e. The van der Waals surface area contributed by atoms with Gasteiger partial charge in [-0.2, -0.15) is 5.10 Å². The summed E-state index contributed by atoms with van der Waals surface area (Å²) in [5, 5.41) is 9.60. The summed E-state index contributed by atoms with van der Waals surface area (Å²) in [5.74, 6) is -0.136. The fourth-order valence-electron chi connectivity index (χ4n) is 1.67. The topological polar surface area (TPSA) is 85.8 Å². The van der Waals surface area contributed by atoms with Crippen molar-refractivity contribution in [2.75, 3.05) is 13.1 Å². The second-order valence-electron chi connectivity index (χ2n) is 4.19. The lowest BCUT2D eigenvalue weighted by atomic mass is 10.2. The summed E-state index contributed by atoms with van der Waals surface area (Å²) in [5.41, 5.74) is 7.02. The third kappa shape index (κ3) is 3.87. The lowest BCUT2D eigenvalue weighted by Crippen LogP contribution is -2.26. The van der Waals surface area contributed by atoms with Crippen LogP contribution in [-0.4, -0.2) is 33.8 Å². The highest BCUT2D eigenvalue weighted by molar-refractivity contribution is 7.09. The fraction of sp³-hybridized carbons (Fsp3) is 0.417. The van der Waals surface area contributed by atoms with Gasteiger partial charge in [0, 0.05) is 31.6 Å². The van der Waals surface area contributed by atoms with Gasteiger partial charge in [0.05, 0.1) is 11.2 Å². The van der Waals surface area contributed by atoms with Crippen molar-refractivity contribution in [3.63, 3.8) is 0 Å². The zero-order chi connectivity index (χ0) is 13.7. The van der Waals surface area contributed by atoms with Crippen molar-refractivity contribution < 1.29 is 4.79 Å². The Kier molecular flexibility index (Phi) is 4.64. The Bertz CT molecular complexity index is 548. The molecule has 0 aromatic carbocycles. The fourth-order valence-corrected chi connectivity index (χ4v) is 2.46. The zero-order valence-electron chi connectivity index (χ0n) is 10.8. The van der Waals surface area contributed by atoms with Gasteiger partial charge in [-0.3, -0.25) is 9.48 Å². The number of nitrogens with one attached hydrogen (secondary N) is 1. The van der Waals surface area contributed by atoms with E-state index in [-0.39, 0.29) is 5.91 Å². The van der Waals surface area contributed by atoms with Gasteiger partial charge in [0.1, 0.15) is 5.69 Å². The Balaban J connectivity index is 1.80. The molecule has 0 aliphatic rings. The third-order valence-corrected chi connectivity index (χ3v) is 3.51. The van der Waals surface area contributed by atoms with Crippen molar-refractivity contribution in [3.8, 4) is 0 Å². The Labute approximate surface area is 115 Å². The summed E-state index contributed by atoms with van der Waals surface area (Å²) in [6.07, 6.45) is 5.22. The Morgan fingerprint density at radius 3 is 3.05 bits per heavy atom. The summed E-state index contributed by atoms with van der Waals surface area (Å²) in [7, 11) is 1.87. The molecule has 0 saturated heterocycles. The molecule has 0 aliphatic heterocycles. The van der Waals surface area contributed by atoms with Gasteiger partial charge in [0.2, 0.25) is 0 Å². The number of nitrogens with two attached hydrogens (primary N) is 1. The van der Waals surface area contributed by atoms with Crippen molar-refractivity contribution in [1.29, 1.82) is 0 Å². The average molecular weight is 279 g/mol. The summed E-state index contributed by atoms with van der Waals surface area (Å²) in [6.45, 7) is 1.13. The van der Waals surface area contributed by atoms with E-state index in [1.165, 1.54) is 11.3 Å². The molecule has 7 heteroatoms. The molecule has 0 saturated carbocycles. The van der Waals surface area contributed by atoms with E-state index in [0.717, 1.165) is 17.0 Å². The molecule has 6 nitrogen and oxygen atoms in total. The minimum absolute atomic E-state index is 0.136. The highest BCUT2D eigenvalue weighted by atomic mass is 32.1. The van der Waals surface area contributed by atoms with Crippen LogP contribution in [0.15, 0.2) is 17.8 Å². The van der Waals surface area contributed by atoms with Crippen LogP contribution in [0, 0.1) is 0 Å². The van der Waals surface area contributed by atoms with Crippen molar-refractivity contribution in [2.45, 2.75) is 12.8 Å². The molecule has 0 spiro atoms. The van der Waals surface area contributed by atoms with Gasteiger partial charge in [-0.25, -0.2) is 4.98 Å². The third-order valence-electron chi connectivity index (χ3n) is 2.60. The number of carbonyl (C=O) groups is 1. The second kappa shape index (κ2) is 6.44. The summed E-state index contributed by atoms with van der Waals surface area (Å²) in [4.78, 5) is 16.1. The van der Waals surface area contributed by atoms with E-state index in [2.05, 4.69) is 15.4 Å². The van der Waals surface area contributed by atoms with Gasteiger partial charge in [0.15, 0.2) is 0 Å². The predicted octanol–water partition coefficient (Wildman–Crippen LogP) is 0.350. The molecule has 19 heavy (non-hydrogen) atoms. The van der Waals surface area contributed by atoms with E-state index in [0.29, 0.717) is 25.2 Å².